The number of rotatable bonds is 9. The molecule has 166 valence electrons. The lowest BCUT2D eigenvalue weighted by molar-refractivity contribution is -0.124. The fraction of sp³-hybridized carbons (Fsp3) is 0.200. The Labute approximate surface area is 186 Å². The third-order valence-electron chi connectivity index (χ3n) is 4.82. The summed E-state index contributed by atoms with van der Waals surface area (Å²) in [6, 6.07) is 20.3. The van der Waals surface area contributed by atoms with E-state index < -0.39 is 18.5 Å². The Kier molecular flexibility index (Phi) is 7.70. The van der Waals surface area contributed by atoms with Crippen LogP contribution in [0.3, 0.4) is 0 Å². The first-order valence-corrected chi connectivity index (χ1v) is 9.94. The van der Waals surface area contributed by atoms with Gasteiger partial charge in [-0.25, -0.2) is 4.79 Å². The summed E-state index contributed by atoms with van der Waals surface area (Å²) in [4.78, 5) is 24.5. The second kappa shape index (κ2) is 10.9. The summed E-state index contributed by atoms with van der Waals surface area (Å²) >= 11 is 0. The molecule has 0 spiro atoms. The van der Waals surface area contributed by atoms with Gasteiger partial charge in [0.15, 0.2) is 18.1 Å². The molecule has 7 heteroatoms. The molecule has 0 aliphatic rings. The number of benzene rings is 3. The van der Waals surface area contributed by atoms with E-state index in [1.807, 2.05) is 42.5 Å². The third kappa shape index (κ3) is 5.57. The molecule has 32 heavy (non-hydrogen) atoms. The van der Waals surface area contributed by atoms with E-state index in [1.165, 1.54) is 21.3 Å². The zero-order chi connectivity index (χ0) is 22.9. The lowest BCUT2D eigenvalue weighted by Gasteiger charge is -2.14. The Bertz CT molecular complexity index is 1060. The van der Waals surface area contributed by atoms with Crippen molar-refractivity contribution in [2.45, 2.75) is 6.54 Å². The Morgan fingerprint density at radius 2 is 1.34 bits per heavy atom. The summed E-state index contributed by atoms with van der Waals surface area (Å²) in [5.74, 6) is 0.576. The second-order valence-electron chi connectivity index (χ2n) is 6.82. The minimum atomic E-state index is -0.566. The summed E-state index contributed by atoms with van der Waals surface area (Å²) in [7, 11) is 4.58. The Balaban J connectivity index is 1.54. The molecule has 0 atom stereocenters. The number of carbonyl (C=O) groups is 2. The van der Waals surface area contributed by atoms with Crippen LogP contribution in [0, 0.1) is 0 Å². The van der Waals surface area contributed by atoms with Gasteiger partial charge in [-0.1, -0.05) is 42.5 Å². The zero-order valence-corrected chi connectivity index (χ0v) is 18.2. The maximum atomic E-state index is 12.3. The molecule has 1 amide bonds. The van der Waals surface area contributed by atoms with Gasteiger partial charge in [-0.05, 0) is 29.3 Å². The molecule has 0 unspecified atom stereocenters. The van der Waals surface area contributed by atoms with Crippen molar-refractivity contribution in [3.05, 3.63) is 77.9 Å². The lowest BCUT2D eigenvalue weighted by atomic mass is 10.0. The zero-order valence-electron chi connectivity index (χ0n) is 18.2. The van der Waals surface area contributed by atoms with Crippen LogP contribution in [-0.4, -0.2) is 39.8 Å². The van der Waals surface area contributed by atoms with E-state index in [-0.39, 0.29) is 6.54 Å². The SMILES string of the molecule is COc1cc(OC)c(OC)cc1CNC(=O)COC(=O)c1ccc(-c2ccccc2)cc1. The number of nitrogens with one attached hydrogen (secondary N) is 1. The topological polar surface area (TPSA) is 83.1 Å². The molecular weight excluding hydrogens is 410 g/mol. The number of esters is 1. The Morgan fingerprint density at radius 3 is 1.97 bits per heavy atom. The number of carbonyl (C=O) groups excluding carboxylic acids is 2. The van der Waals surface area contributed by atoms with E-state index in [0.717, 1.165) is 11.1 Å². The van der Waals surface area contributed by atoms with Crippen LogP contribution >= 0.6 is 0 Å². The highest BCUT2D eigenvalue weighted by Crippen LogP contribution is 2.34. The van der Waals surface area contributed by atoms with Crippen LogP contribution in [0.25, 0.3) is 11.1 Å². The molecule has 0 heterocycles. The van der Waals surface area contributed by atoms with Crippen molar-refractivity contribution in [1.29, 1.82) is 0 Å². The fourth-order valence-electron chi connectivity index (χ4n) is 3.12. The van der Waals surface area contributed by atoms with E-state index in [0.29, 0.717) is 28.4 Å². The predicted molar refractivity (Wildman–Crippen MR) is 120 cm³/mol. The molecule has 3 aromatic carbocycles. The highest BCUT2D eigenvalue weighted by atomic mass is 16.5. The van der Waals surface area contributed by atoms with E-state index in [2.05, 4.69) is 5.32 Å². The lowest BCUT2D eigenvalue weighted by Crippen LogP contribution is -2.28. The van der Waals surface area contributed by atoms with Crippen LogP contribution in [-0.2, 0) is 16.1 Å². The molecule has 0 saturated heterocycles. The van der Waals surface area contributed by atoms with Crippen LogP contribution in [0.2, 0.25) is 0 Å². The van der Waals surface area contributed by atoms with Gasteiger partial charge in [-0.15, -0.1) is 0 Å². The molecule has 0 bridgehead atoms. The first kappa shape index (κ1) is 22.7. The van der Waals surface area contributed by atoms with Gasteiger partial charge >= 0.3 is 5.97 Å². The molecule has 0 radical (unpaired) electrons. The quantitative estimate of drug-likeness (QED) is 0.514. The molecule has 0 fully saturated rings. The van der Waals surface area contributed by atoms with Crippen molar-refractivity contribution in [1.82, 2.24) is 5.32 Å². The molecule has 0 saturated carbocycles. The van der Waals surface area contributed by atoms with Gasteiger partial charge < -0.3 is 24.3 Å². The molecule has 0 aromatic heterocycles. The largest absolute Gasteiger partial charge is 0.496 e. The van der Waals surface area contributed by atoms with Crippen LogP contribution in [0.1, 0.15) is 15.9 Å². The van der Waals surface area contributed by atoms with Crippen molar-refractivity contribution < 1.29 is 28.5 Å². The van der Waals surface area contributed by atoms with Crippen molar-refractivity contribution in [3.8, 4) is 28.4 Å². The van der Waals surface area contributed by atoms with Gasteiger partial charge in [-0.3, -0.25) is 4.79 Å². The second-order valence-corrected chi connectivity index (χ2v) is 6.82. The average molecular weight is 435 g/mol. The van der Waals surface area contributed by atoms with Gasteiger partial charge in [0.1, 0.15) is 5.75 Å². The molecular formula is C25H25NO6. The molecule has 3 rings (SSSR count). The average Bonchev–Trinajstić information content (AvgIpc) is 2.85. The standard InChI is InChI=1S/C25H25NO6/c1-29-21-14-23(31-3)22(30-2)13-20(21)15-26-24(27)16-32-25(28)19-11-9-18(10-12-19)17-7-5-4-6-8-17/h4-14H,15-16H2,1-3H3,(H,26,27). The first-order chi connectivity index (χ1) is 15.5. The first-order valence-electron chi connectivity index (χ1n) is 9.94. The van der Waals surface area contributed by atoms with Crippen LogP contribution in [0.15, 0.2) is 66.7 Å². The number of amides is 1. The van der Waals surface area contributed by atoms with Crippen molar-refractivity contribution >= 4 is 11.9 Å². The van der Waals surface area contributed by atoms with Crippen molar-refractivity contribution in [2.75, 3.05) is 27.9 Å². The van der Waals surface area contributed by atoms with E-state index >= 15 is 0 Å². The van der Waals surface area contributed by atoms with Crippen LogP contribution < -0.4 is 19.5 Å². The highest BCUT2D eigenvalue weighted by molar-refractivity contribution is 5.91. The maximum Gasteiger partial charge on any atom is 0.338 e. The summed E-state index contributed by atoms with van der Waals surface area (Å²) in [5.41, 5.74) is 3.11. The molecule has 7 nitrogen and oxygen atoms in total. The van der Waals surface area contributed by atoms with Crippen molar-refractivity contribution in [3.63, 3.8) is 0 Å². The minimum absolute atomic E-state index is 0.172. The fourth-order valence-corrected chi connectivity index (χ4v) is 3.12. The van der Waals surface area contributed by atoms with Gasteiger partial charge in [0.2, 0.25) is 0 Å². The number of hydrogen-bond donors (Lipinski definition) is 1. The predicted octanol–water partition coefficient (Wildman–Crippen LogP) is 3.85. The number of methoxy groups -OCH3 is 3. The highest BCUT2D eigenvalue weighted by Gasteiger charge is 2.14. The number of ether oxygens (including phenoxy) is 4. The minimum Gasteiger partial charge on any atom is -0.496 e. The van der Waals surface area contributed by atoms with Gasteiger partial charge in [0, 0.05) is 18.2 Å². The summed E-state index contributed by atoms with van der Waals surface area (Å²) in [5, 5.41) is 2.71. The van der Waals surface area contributed by atoms with E-state index in [4.69, 9.17) is 18.9 Å². The molecule has 0 aliphatic heterocycles. The van der Waals surface area contributed by atoms with Crippen LogP contribution in [0.4, 0.5) is 0 Å². The monoisotopic (exact) mass is 435 g/mol. The smallest absolute Gasteiger partial charge is 0.338 e. The van der Waals surface area contributed by atoms with Gasteiger partial charge in [-0.2, -0.15) is 0 Å². The van der Waals surface area contributed by atoms with Gasteiger partial charge in [0.25, 0.3) is 5.91 Å². The van der Waals surface area contributed by atoms with E-state index in [9.17, 15) is 9.59 Å². The molecule has 1 N–H and O–H groups in total. The summed E-state index contributed by atoms with van der Waals surface area (Å²) in [6.45, 7) is -0.222. The maximum absolute atomic E-state index is 12.3. The van der Waals surface area contributed by atoms with E-state index in [1.54, 1.807) is 24.3 Å². The van der Waals surface area contributed by atoms with Gasteiger partial charge in [0.05, 0.1) is 26.9 Å². The molecule has 3 aromatic rings. The normalized spacial score (nSPS) is 10.2. The summed E-state index contributed by atoms with van der Waals surface area (Å²) < 4.78 is 21.0. The Morgan fingerprint density at radius 1 is 0.750 bits per heavy atom. The van der Waals surface area contributed by atoms with Crippen molar-refractivity contribution in [2.24, 2.45) is 0 Å². The summed E-state index contributed by atoms with van der Waals surface area (Å²) in [6.07, 6.45) is 0. The molecule has 0 aliphatic carbocycles. The Hall–Kier alpha value is -4.00. The van der Waals surface area contributed by atoms with Crippen LogP contribution in [0.5, 0.6) is 17.2 Å². The third-order valence-corrected chi connectivity index (χ3v) is 4.82. The number of hydrogen-bond acceptors (Lipinski definition) is 6.